The molecular weight excluding hydrogens is 421 g/mol. The number of pyridine rings is 4. The summed E-state index contributed by atoms with van der Waals surface area (Å²) in [6, 6.07) is 5.35. The van der Waals surface area contributed by atoms with Gasteiger partial charge >= 0.3 is 6.18 Å². The second-order valence-electron chi connectivity index (χ2n) is 7.57. The van der Waals surface area contributed by atoms with Gasteiger partial charge in [0.2, 0.25) is 0 Å². The van der Waals surface area contributed by atoms with Crippen LogP contribution in [-0.2, 0) is 12.7 Å². The topological polar surface area (TPSA) is 97.9 Å². The van der Waals surface area contributed by atoms with E-state index in [2.05, 4.69) is 19.9 Å². The van der Waals surface area contributed by atoms with E-state index in [4.69, 9.17) is 5.73 Å². The first kappa shape index (κ1) is 21.4. The molecule has 1 amide bonds. The molecule has 0 spiro atoms. The number of hydrogen-bond acceptors (Lipinski definition) is 6. The van der Waals surface area contributed by atoms with Gasteiger partial charge in [0.25, 0.3) is 5.91 Å². The van der Waals surface area contributed by atoms with Crippen LogP contribution in [0.3, 0.4) is 0 Å². The quantitative estimate of drug-likeness (QED) is 0.477. The van der Waals surface area contributed by atoms with E-state index in [9.17, 15) is 18.0 Å². The maximum absolute atomic E-state index is 13.3. The fraction of sp³-hybridized carbons (Fsp3) is 0.227. The van der Waals surface area contributed by atoms with Crippen molar-refractivity contribution in [3.63, 3.8) is 0 Å². The van der Waals surface area contributed by atoms with Crippen LogP contribution in [-0.4, -0.2) is 36.8 Å². The number of fused-ring (bicyclic) bond motifs is 3. The minimum atomic E-state index is -4.47. The molecule has 0 unspecified atom stereocenters. The number of aromatic nitrogens is 4. The molecule has 0 atom stereocenters. The Morgan fingerprint density at radius 2 is 1.84 bits per heavy atom. The SMILES string of the molecule is CC(C)N(Cc1ccc(C(F)(F)F)cn1)C(=O)c1cc2c(cn1)nc(N)c1ccncc12. The van der Waals surface area contributed by atoms with Gasteiger partial charge < -0.3 is 10.6 Å². The zero-order valence-corrected chi connectivity index (χ0v) is 17.3. The molecule has 0 aliphatic heterocycles. The Morgan fingerprint density at radius 1 is 1.06 bits per heavy atom. The van der Waals surface area contributed by atoms with Crippen LogP contribution in [0.1, 0.15) is 35.6 Å². The Labute approximate surface area is 181 Å². The van der Waals surface area contributed by atoms with Gasteiger partial charge in [-0.05, 0) is 38.1 Å². The summed E-state index contributed by atoms with van der Waals surface area (Å²) in [5.41, 5.74) is 6.21. The third-order valence-corrected chi connectivity index (χ3v) is 5.10. The number of carbonyl (C=O) groups is 1. The van der Waals surface area contributed by atoms with Crippen LogP contribution in [0, 0.1) is 0 Å². The van der Waals surface area contributed by atoms with Gasteiger partial charge in [0.05, 0.1) is 29.5 Å². The Morgan fingerprint density at radius 3 is 2.50 bits per heavy atom. The van der Waals surface area contributed by atoms with E-state index in [-0.39, 0.29) is 24.2 Å². The van der Waals surface area contributed by atoms with E-state index in [0.717, 1.165) is 17.6 Å². The highest BCUT2D eigenvalue weighted by atomic mass is 19.4. The number of nitrogen functional groups attached to an aromatic ring is 1. The highest BCUT2D eigenvalue weighted by molar-refractivity contribution is 6.10. The average molecular weight is 440 g/mol. The largest absolute Gasteiger partial charge is 0.417 e. The molecule has 10 heteroatoms. The molecule has 0 saturated heterocycles. The van der Waals surface area contributed by atoms with Gasteiger partial charge in [0.15, 0.2) is 0 Å². The van der Waals surface area contributed by atoms with Crippen molar-refractivity contribution in [3.8, 4) is 0 Å². The Balaban J connectivity index is 1.69. The first-order chi connectivity index (χ1) is 15.1. The monoisotopic (exact) mass is 440 g/mol. The third kappa shape index (κ3) is 4.03. The summed E-state index contributed by atoms with van der Waals surface area (Å²) < 4.78 is 38.4. The van der Waals surface area contributed by atoms with Crippen LogP contribution in [0.5, 0.6) is 0 Å². The first-order valence-corrected chi connectivity index (χ1v) is 9.77. The summed E-state index contributed by atoms with van der Waals surface area (Å²) in [6.45, 7) is 3.66. The molecule has 4 aromatic rings. The average Bonchev–Trinajstić information content (AvgIpc) is 2.76. The summed E-state index contributed by atoms with van der Waals surface area (Å²) in [5, 5.41) is 2.13. The zero-order valence-electron chi connectivity index (χ0n) is 17.3. The number of anilines is 1. The first-order valence-electron chi connectivity index (χ1n) is 9.77. The smallest absolute Gasteiger partial charge is 0.383 e. The van der Waals surface area contributed by atoms with Crippen molar-refractivity contribution in [1.82, 2.24) is 24.8 Å². The van der Waals surface area contributed by atoms with Crippen LogP contribution in [0.15, 0.2) is 49.1 Å². The van der Waals surface area contributed by atoms with Gasteiger partial charge in [-0.25, -0.2) is 9.97 Å². The van der Waals surface area contributed by atoms with Crippen molar-refractivity contribution in [2.24, 2.45) is 0 Å². The molecular formula is C22H19F3N6O. The molecule has 0 saturated carbocycles. The summed E-state index contributed by atoms with van der Waals surface area (Å²) in [4.78, 5) is 31.4. The molecule has 0 fully saturated rings. The van der Waals surface area contributed by atoms with E-state index >= 15 is 0 Å². The molecule has 7 nitrogen and oxygen atoms in total. The molecule has 0 radical (unpaired) electrons. The van der Waals surface area contributed by atoms with Crippen molar-refractivity contribution >= 4 is 33.4 Å². The number of hydrogen-bond donors (Lipinski definition) is 1. The van der Waals surface area contributed by atoms with Crippen LogP contribution >= 0.6 is 0 Å². The number of alkyl halides is 3. The van der Waals surface area contributed by atoms with Crippen molar-refractivity contribution in [1.29, 1.82) is 0 Å². The minimum Gasteiger partial charge on any atom is -0.383 e. The summed E-state index contributed by atoms with van der Waals surface area (Å²) in [7, 11) is 0. The zero-order chi connectivity index (χ0) is 23.0. The Hall–Kier alpha value is -3.82. The van der Waals surface area contributed by atoms with Gasteiger partial charge in [0, 0.05) is 40.8 Å². The van der Waals surface area contributed by atoms with Crippen LogP contribution in [0.2, 0.25) is 0 Å². The fourth-order valence-electron chi connectivity index (χ4n) is 3.39. The van der Waals surface area contributed by atoms with Gasteiger partial charge in [-0.2, -0.15) is 13.2 Å². The minimum absolute atomic E-state index is 0.0383. The number of nitrogens with two attached hydrogens (primary N) is 1. The fourth-order valence-corrected chi connectivity index (χ4v) is 3.39. The third-order valence-electron chi connectivity index (χ3n) is 5.10. The molecule has 2 N–H and O–H groups in total. The maximum Gasteiger partial charge on any atom is 0.417 e. The van der Waals surface area contributed by atoms with Crippen LogP contribution in [0.4, 0.5) is 19.0 Å². The van der Waals surface area contributed by atoms with E-state index in [0.29, 0.717) is 27.8 Å². The predicted octanol–water partition coefficient (Wildman–Crippen LogP) is 4.22. The summed E-state index contributed by atoms with van der Waals surface area (Å²) >= 11 is 0. The molecule has 0 aliphatic carbocycles. The summed E-state index contributed by atoms with van der Waals surface area (Å²) in [5.74, 6) is -0.0366. The van der Waals surface area contributed by atoms with E-state index in [1.165, 1.54) is 17.2 Å². The van der Waals surface area contributed by atoms with Crippen molar-refractivity contribution in [2.75, 3.05) is 5.73 Å². The van der Waals surface area contributed by atoms with Gasteiger partial charge in [-0.3, -0.25) is 14.8 Å². The van der Waals surface area contributed by atoms with E-state index < -0.39 is 11.7 Å². The van der Waals surface area contributed by atoms with Crippen molar-refractivity contribution < 1.29 is 18.0 Å². The van der Waals surface area contributed by atoms with Crippen LogP contribution < -0.4 is 5.73 Å². The molecule has 4 rings (SSSR count). The lowest BCUT2D eigenvalue weighted by Crippen LogP contribution is -2.37. The standard InChI is InChI=1S/C22H19F3N6O/c1-12(2)31(11-14-4-3-13(8-28-14)22(23,24)25)21(32)18-7-16-17-9-27-6-5-15(17)20(26)30-19(16)10-29-18/h3-10,12H,11H2,1-2H3,(H2,26,30). The van der Waals surface area contributed by atoms with Gasteiger partial charge in [-0.1, -0.05) is 0 Å². The van der Waals surface area contributed by atoms with E-state index in [1.54, 1.807) is 24.5 Å². The molecule has 32 heavy (non-hydrogen) atoms. The lowest BCUT2D eigenvalue weighted by Gasteiger charge is -2.26. The van der Waals surface area contributed by atoms with Crippen molar-refractivity contribution in [2.45, 2.75) is 32.6 Å². The molecule has 0 aliphatic rings. The van der Waals surface area contributed by atoms with Gasteiger partial charge in [-0.15, -0.1) is 0 Å². The normalized spacial score (nSPS) is 11.9. The Kier molecular flexibility index (Phi) is 5.37. The lowest BCUT2D eigenvalue weighted by atomic mass is 10.1. The number of rotatable bonds is 4. The molecule has 4 heterocycles. The summed E-state index contributed by atoms with van der Waals surface area (Å²) in [6.07, 6.45) is 1.03. The Bertz CT molecular complexity index is 1310. The molecule has 164 valence electrons. The van der Waals surface area contributed by atoms with Crippen molar-refractivity contribution in [3.05, 3.63) is 66.0 Å². The lowest BCUT2D eigenvalue weighted by molar-refractivity contribution is -0.137. The predicted molar refractivity (Wildman–Crippen MR) is 113 cm³/mol. The molecule has 4 aromatic heterocycles. The number of nitrogens with zero attached hydrogens (tertiary/aromatic N) is 5. The second kappa shape index (κ2) is 8.03. The molecule has 0 bridgehead atoms. The highest BCUT2D eigenvalue weighted by Crippen LogP contribution is 2.29. The maximum atomic E-state index is 13.3. The van der Waals surface area contributed by atoms with E-state index in [1.807, 2.05) is 13.8 Å². The van der Waals surface area contributed by atoms with Crippen LogP contribution in [0.25, 0.3) is 21.7 Å². The van der Waals surface area contributed by atoms with Gasteiger partial charge in [0.1, 0.15) is 11.5 Å². The number of halogens is 3. The highest BCUT2D eigenvalue weighted by Gasteiger charge is 2.31. The number of amides is 1. The second-order valence-corrected chi connectivity index (χ2v) is 7.57. The number of carbonyl (C=O) groups excluding carboxylic acids is 1. The molecule has 0 aromatic carbocycles.